The first kappa shape index (κ1) is 12.8. The Bertz CT molecular complexity index is 554. The molecule has 1 amide bonds. The first-order valence-corrected chi connectivity index (χ1v) is 6.22. The molecule has 0 bridgehead atoms. The van der Waals surface area contributed by atoms with Gasteiger partial charge in [-0.3, -0.25) is 4.79 Å². The van der Waals surface area contributed by atoms with Gasteiger partial charge in [-0.05, 0) is 35.9 Å². The maximum atomic E-state index is 12.9. The molecule has 0 saturated carbocycles. The Morgan fingerprint density at radius 1 is 1.17 bits per heavy atom. The normalized spacial score (nSPS) is 10.1. The molecule has 0 fully saturated rings. The van der Waals surface area contributed by atoms with Crippen molar-refractivity contribution in [2.24, 2.45) is 0 Å². The van der Waals surface area contributed by atoms with Crippen LogP contribution in [0.2, 0.25) is 0 Å². The zero-order valence-electron chi connectivity index (χ0n) is 9.49. The molecule has 0 aliphatic carbocycles. The second kappa shape index (κ2) is 5.78. The third-order valence-corrected chi connectivity index (χ3v) is 2.91. The Hall–Kier alpha value is -1.68. The molecule has 1 N–H and O–H groups in total. The molecule has 0 aromatic heterocycles. The van der Waals surface area contributed by atoms with E-state index < -0.39 is 0 Å². The number of rotatable bonds is 3. The topological polar surface area (TPSA) is 29.1 Å². The van der Waals surface area contributed by atoms with Crippen molar-refractivity contribution < 1.29 is 9.18 Å². The summed E-state index contributed by atoms with van der Waals surface area (Å²) in [5, 5.41) is 2.66. The van der Waals surface area contributed by atoms with Crippen LogP contribution in [0, 0.1) is 5.82 Å². The van der Waals surface area contributed by atoms with Crippen LogP contribution in [0.5, 0.6) is 0 Å². The molecule has 4 heteroatoms. The lowest BCUT2D eigenvalue weighted by molar-refractivity contribution is -0.115. The van der Waals surface area contributed by atoms with Gasteiger partial charge in [0.25, 0.3) is 0 Å². The van der Waals surface area contributed by atoms with Crippen LogP contribution in [0.4, 0.5) is 10.1 Å². The molecule has 2 aromatic carbocycles. The third kappa shape index (κ3) is 3.67. The molecule has 0 aliphatic heterocycles. The SMILES string of the molecule is O=C(Cc1ccc(Br)cc1)Nc1cccc(F)c1. The summed E-state index contributed by atoms with van der Waals surface area (Å²) in [5.74, 6) is -0.528. The average molecular weight is 308 g/mol. The maximum Gasteiger partial charge on any atom is 0.228 e. The minimum absolute atomic E-state index is 0.164. The fourth-order valence-corrected chi connectivity index (χ4v) is 1.82. The van der Waals surface area contributed by atoms with Crippen LogP contribution in [0.1, 0.15) is 5.56 Å². The van der Waals surface area contributed by atoms with E-state index in [1.54, 1.807) is 12.1 Å². The number of anilines is 1. The minimum Gasteiger partial charge on any atom is -0.326 e. The summed E-state index contributed by atoms with van der Waals surface area (Å²) in [7, 11) is 0. The van der Waals surface area contributed by atoms with Gasteiger partial charge in [-0.2, -0.15) is 0 Å². The highest BCUT2D eigenvalue weighted by Crippen LogP contribution is 2.13. The summed E-state index contributed by atoms with van der Waals surface area (Å²) in [6, 6.07) is 13.3. The van der Waals surface area contributed by atoms with Crippen molar-refractivity contribution in [3.8, 4) is 0 Å². The third-order valence-electron chi connectivity index (χ3n) is 2.39. The van der Waals surface area contributed by atoms with Crippen molar-refractivity contribution in [3.05, 3.63) is 64.4 Å². The van der Waals surface area contributed by atoms with E-state index in [-0.39, 0.29) is 18.1 Å². The lowest BCUT2D eigenvalue weighted by Gasteiger charge is -2.05. The smallest absolute Gasteiger partial charge is 0.228 e. The molecule has 0 aliphatic rings. The molecule has 2 rings (SSSR count). The lowest BCUT2D eigenvalue weighted by atomic mass is 10.1. The Balaban J connectivity index is 1.98. The summed E-state index contributed by atoms with van der Waals surface area (Å²) in [6.45, 7) is 0. The number of halogens is 2. The molecule has 2 nitrogen and oxygen atoms in total. The molecule has 0 saturated heterocycles. The first-order chi connectivity index (χ1) is 8.63. The molecule has 0 heterocycles. The van der Waals surface area contributed by atoms with E-state index >= 15 is 0 Å². The summed E-state index contributed by atoms with van der Waals surface area (Å²) in [6.07, 6.45) is 0.268. The van der Waals surface area contributed by atoms with Crippen LogP contribution in [0.25, 0.3) is 0 Å². The second-order valence-electron chi connectivity index (χ2n) is 3.86. The molecule has 2 aromatic rings. The van der Waals surface area contributed by atoms with Crippen molar-refractivity contribution in [1.82, 2.24) is 0 Å². The highest BCUT2D eigenvalue weighted by Gasteiger charge is 2.04. The quantitative estimate of drug-likeness (QED) is 0.919. The molecule has 92 valence electrons. The van der Waals surface area contributed by atoms with E-state index in [1.165, 1.54) is 12.1 Å². The first-order valence-electron chi connectivity index (χ1n) is 5.43. The summed E-state index contributed by atoms with van der Waals surface area (Å²) < 4.78 is 13.9. The lowest BCUT2D eigenvalue weighted by Crippen LogP contribution is -2.14. The van der Waals surface area contributed by atoms with Crippen molar-refractivity contribution in [2.45, 2.75) is 6.42 Å². The number of carbonyl (C=O) groups excluding carboxylic acids is 1. The molecule has 0 spiro atoms. The van der Waals surface area contributed by atoms with Gasteiger partial charge < -0.3 is 5.32 Å². The van der Waals surface area contributed by atoms with E-state index in [9.17, 15) is 9.18 Å². The number of nitrogens with one attached hydrogen (secondary N) is 1. The molecule has 0 unspecified atom stereocenters. The van der Waals surface area contributed by atoms with Gasteiger partial charge in [0, 0.05) is 10.2 Å². The van der Waals surface area contributed by atoms with Crippen LogP contribution in [0.3, 0.4) is 0 Å². The zero-order chi connectivity index (χ0) is 13.0. The fraction of sp³-hybridized carbons (Fsp3) is 0.0714. The molecule has 0 atom stereocenters. The number of hydrogen-bond acceptors (Lipinski definition) is 1. The summed E-state index contributed by atoms with van der Waals surface area (Å²) in [5.41, 5.74) is 1.38. The zero-order valence-corrected chi connectivity index (χ0v) is 11.1. The number of amides is 1. The van der Waals surface area contributed by atoms with E-state index in [4.69, 9.17) is 0 Å². The Kier molecular flexibility index (Phi) is 4.10. The van der Waals surface area contributed by atoms with Gasteiger partial charge in [0.2, 0.25) is 5.91 Å². The van der Waals surface area contributed by atoms with Crippen molar-refractivity contribution in [1.29, 1.82) is 0 Å². The van der Waals surface area contributed by atoms with Crippen LogP contribution in [-0.2, 0) is 11.2 Å². The highest BCUT2D eigenvalue weighted by atomic mass is 79.9. The standard InChI is InChI=1S/C14H11BrFNO/c15-11-6-4-10(5-7-11)8-14(18)17-13-3-1-2-12(16)9-13/h1-7,9H,8H2,(H,17,18). The van der Waals surface area contributed by atoms with E-state index in [1.807, 2.05) is 24.3 Å². The highest BCUT2D eigenvalue weighted by molar-refractivity contribution is 9.10. The van der Waals surface area contributed by atoms with Gasteiger partial charge in [0.1, 0.15) is 5.82 Å². The maximum absolute atomic E-state index is 12.9. The van der Waals surface area contributed by atoms with Crippen molar-refractivity contribution in [3.63, 3.8) is 0 Å². The van der Waals surface area contributed by atoms with Crippen LogP contribution < -0.4 is 5.32 Å². The van der Waals surface area contributed by atoms with E-state index in [2.05, 4.69) is 21.2 Å². The molecular formula is C14H11BrFNO. The average Bonchev–Trinajstić information content (AvgIpc) is 2.32. The van der Waals surface area contributed by atoms with Gasteiger partial charge in [0.05, 0.1) is 6.42 Å². The Morgan fingerprint density at radius 3 is 2.56 bits per heavy atom. The van der Waals surface area contributed by atoms with E-state index in [0.29, 0.717) is 5.69 Å². The van der Waals surface area contributed by atoms with E-state index in [0.717, 1.165) is 10.0 Å². The number of carbonyl (C=O) groups is 1. The summed E-state index contributed by atoms with van der Waals surface area (Å²) >= 11 is 3.33. The molecule has 18 heavy (non-hydrogen) atoms. The summed E-state index contributed by atoms with van der Waals surface area (Å²) in [4.78, 5) is 11.7. The largest absolute Gasteiger partial charge is 0.326 e. The van der Waals surface area contributed by atoms with Gasteiger partial charge in [-0.15, -0.1) is 0 Å². The van der Waals surface area contributed by atoms with Gasteiger partial charge in [-0.25, -0.2) is 4.39 Å². The van der Waals surface area contributed by atoms with Crippen LogP contribution in [-0.4, -0.2) is 5.91 Å². The van der Waals surface area contributed by atoms with Gasteiger partial charge in [-0.1, -0.05) is 34.1 Å². The van der Waals surface area contributed by atoms with Crippen LogP contribution >= 0.6 is 15.9 Å². The number of benzene rings is 2. The van der Waals surface area contributed by atoms with Crippen molar-refractivity contribution in [2.75, 3.05) is 5.32 Å². The monoisotopic (exact) mass is 307 g/mol. The predicted molar refractivity (Wildman–Crippen MR) is 72.9 cm³/mol. The fourth-order valence-electron chi connectivity index (χ4n) is 1.56. The molecule has 0 radical (unpaired) electrons. The minimum atomic E-state index is -0.364. The Labute approximate surface area is 113 Å². The van der Waals surface area contributed by atoms with Crippen LogP contribution in [0.15, 0.2) is 53.0 Å². The Morgan fingerprint density at radius 2 is 1.89 bits per heavy atom. The van der Waals surface area contributed by atoms with Gasteiger partial charge in [0.15, 0.2) is 0 Å². The molecular weight excluding hydrogens is 297 g/mol. The predicted octanol–water partition coefficient (Wildman–Crippen LogP) is 3.77. The second-order valence-corrected chi connectivity index (χ2v) is 4.78. The number of hydrogen-bond donors (Lipinski definition) is 1. The van der Waals surface area contributed by atoms with Gasteiger partial charge >= 0.3 is 0 Å². The van der Waals surface area contributed by atoms with Crippen molar-refractivity contribution >= 4 is 27.5 Å².